The number of benzene rings is 2. The van der Waals surface area contributed by atoms with Crippen LogP contribution in [0, 0.1) is 0 Å². The monoisotopic (exact) mass is 492 g/mol. The lowest BCUT2D eigenvalue weighted by Gasteiger charge is -2.18. The number of alkyl halides is 6. The van der Waals surface area contributed by atoms with Gasteiger partial charge in [0.2, 0.25) is 5.91 Å². The van der Waals surface area contributed by atoms with Crippen LogP contribution in [0.3, 0.4) is 0 Å². The van der Waals surface area contributed by atoms with E-state index in [1.165, 1.54) is 36.4 Å². The summed E-state index contributed by atoms with van der Waals surface area (Å²) in [6.07, 6.45) is -10.0. The molecule has 0 bridgehead atoms. The zero-order chi connectivity index (χ0) is 23.8. The Hall–Kier alpha value is -2.78. The molecule has 1 amide bonds. The summed E-state index contributed by atoms with van der Waals surface area (Å²) in [4.78, 5) is 16.3. The van der Waals surface area contributed by atoms with E-state index in [9.17, 15) is 31.1 Å². The molecule has 2 N–H and O–H groups in total. The average Bonchev–Trinajstić information content (AvgIpc) is 2.69. The molecule has 2 aromatic carbocycles. The molecule has 0 radical (unpaired) electrons. The molecule has 1 unspecified atom stereocenters. The molecule has 3 rings (SSSR count). The van der Waals surface area contributed by atoms with Gasteiger partial charge < -0.3 is 5.73 Å². The molecule has 3 aromatic rings. The van der Waals surface area contributed by atoms with Gasteiger partial charge in [0.1, 0.15) is 5.92 Å². The maximum Gasteiger partial charge on any atom is 0.416 e. The minimum atomic E-state index is -5.02. The van der Waals surface area contributed by atoms with Crippen molar-refractivity contribution in [3.8, 4) is 11.3 Å². The summed E-state index contributed by atoms with van der Waals surface area (Å²) in [6, 6.07) is 9.41. The predicted molar refractivity (Wildman–Crippen MR) is 107 cm³/mol. The molecule has 1 heterocycles. The van der Waals surface area contributed by atoms with Gasteiger partial charge >= 0.3 is 12.4 Å². The molecule has 3 nitrogen and oxygen atoms in total. The first-order chi connectivity index (χ1) is 14.8. The van der Waals surface area contributed by atoms with E-state index in [1.807, 2.05) is 0 Å². The first-order valence-electron chi connectivity index (χ1n) is 8.79. The predicted octanol–water partition coefficient (Wildman–Crippen LogP) is 6.71. The number of carbonyl (C=O) groups excluding carboxylic acids is 1. The Morgan fingerprint density at radius 2 is 1.34 bits per heavy atom. The number of pyridine rings is 1. The largest absolute Gasteiger partial charge is 0.416 e. The molecule has 0 aliphatic rings. The van der Waals surface area contributed by atoms with Crippen molar-refractivity contribution in [2.75, 3.05) is 0 Å². The summed E-state index contributed by atoms with van der Waals surface area (Å²) in [7, 11) is 0. The zero-order valence-electron chi connectivity index (χ0n) is 15.7. The number of amides is 1. The van der Waals surface area contributed by atoms with Gasteiger partial charge in [-0.05, 0) is 42.5 Å². The average molecular weight is 493 g/mol. The van der Waals surface area contributed by atoms with E-state index in [-0.39, 0.29) is 33.1 Å². The highest BCUT2D eigenvalue weighted by atomic mass is 35.5. The van der Waals surface area contributed by atoms with Crippen LogP contribution in [0.1, 0.15) is 28.3 Å². The van der Waals surface area contributed by atoms with Gasteiger partial charge in [0.15, 0.2) is 0 Å². The van der Waals surface area contributed by atoms with Crippen molar-refractivity contribution in [2.45, 2.75) is 18.3 Å². The van der Waals surface area contributed by atoms with Crippen molar-refractivity contribution in [1.82, 2.24) is 4.98 Å². The van der Waals surface area contributed by atoms with Crippen LogP contribution < -0.4 is 5.73 Å². The van der Waals surface area contributed by atoms with Gasteiger partial charge in [-0.2, -0.15) is 26.3 Å². The number of carbonyl (C=O) groups is 1. The number of primary amides is 1. The number of hydrogen-bond donors (Lipinski definition) is 1. The molecule has 1 aromatic heterocycles. The maximum absolute atomic E-state index is 13.2. The highest BCUT2D eigenvalue weighted by molar-refractivity contribution is 6.36. The number of hydrogen-bond acceptors (Lipinski definition) is 2. The van der Waals surface area contributed by atoms with Gasteiger partial charge in [-0.1, -0.05) is 35.3 Å². The third-order valence-corrected chi connectivity index (χ3v) is 5.18. The lowest BCUT2D eigenvalue weighted by Crippen LogP contribution is -2.24. The molecule has 168 valence electrons. The van der Waals surface area contributed by atoms with E-state index in [0.29, 0.717) is 12.1 Å². The summed E-state index contributed by atoms with van der Waals surface area (Å²) in [6.45, 7) is 0. The van der Waals surface area contributed by atoms with Gasteiger partial charge in [0, 0.05) is 21.2 Å². The number of aromatic nitrogens is 1. The Bertz CT molecular complexity index is 1130. The molecule has 0 saturated carbocycles. The van der Waals surface area contributed by atoms with Crippen LogP contribution in [0.15, 0.2) is 54.6 Å². The fourth-order valence-electron chi connectivity index (χ4n) is 3.10. The van der Waals surface area contributed by atoms with Gasteiger partial charge in [0.25, 0.3) is 0 Å². The minimum Gasteiger partial charge on any atom is -0.369 e. The highest BCUT2D eigenvalue weighted by Crippen LogP contribution is 2.39. The lowest BCUT2D eigenvalue weighted by molar-refractivity contribution is -0.143. The lowest BCUT2D eigenvalue weighted by atomic mass is 9.93. The Morgan fingerprint density at radius 1 is 0.844 bits per heavy atom. The molecule has 0 spiro atoms. The second-order valence-electron chi connectivity index (χ2n) is 6.71. The third-order valence-electron chi connectivity index (χ3n) is 4.52. The van der Waals surface area contributed by atoms with Crippen LogP contribution in [0.25, 0.3) is 11.3 Å². The molecular formula is C21H12Cl2F6N2O. The van der Waals surface area contributed by atoms with E-state index in [1.54, 1.807) is 0 Å². The Balaban J connectivity index is 2.20. The minimum absolute atomic E-state index is 0.0169. The van der Waals surface area contributed by atoms with Gasteiger partial charge in [-0.25, -0.2) is 0 Å². The number of nitrogens with two attached hydrogens (primary N) is 1. The molecule has 0 saturated heterocycles. The van der Waals surface area contributed by atoms with E-state index in [2.05, 4.69) is 4.98 Å². The molecule has 0 fully saturated rings. The first kappa shape index (κ1) is 23.9. The standard InChI is InChI=1S/C21H12Cl2F6N2O/c22-13-3-1-4-14(23)17(13)18(19(30)32)16-6-2-5-15(31-16)10-7-11(20(24,25)26)9-12(8-10)21(27,28)29/h1-9,18H,(H2,30,32). The summed E-state index contributed by atoms with van der Waals surface area (Å²) in [5.74, 6) is -2.20. The zero-order valence-corrected chi connectivity index (χ0v) is 17.2. The van der Waals surface area contributed by atoms with Crippen molar-refractivity contribution in [1.29, 1.82) is 0 Å². The maximum atomic E-state index is 13.2. The molecule has 1 atom stereocenters. The fourth-order valence-corrected chi connectivity index (χ4v) is 3.71. The molecule has 0 aliphatic carbocycles. The highest BCUT2D eigenvalue weighted by Gasteiger charge is 2.37. The summed E-state index contributed by atoms with van der Waals surface area (Å²) in [5.41, 5.74) is 1.92. The van der Waals surface area contributed by atoms with E-state index >= 15 is 0 Å². The SMILES string of the molecule is NC(=O)C(c1cccc(-c2cc(C(F)(F)F)cc(C(F)(F)F)c2)n1)c1c(Cl)cccc1Cl. The summed E-state index contributed by atoms with van der Waals surface area (Å²) >= 11 is 12.3. The molecule has 11 heteroatoms. The topological polar surface area (TPSA) is 56.0 Å². The Kier molecular flexibility index (Phi) is 6.44. The quantitative estimate of drug-likeness (QED) is 0.411. The van der Waals surface area contributed by atoms with Crippen LogP contribution >= 0.6 is 23.2 Å². The van der Waals surface area contributed by atoms with Gasteiger partial charge in [-0.15, -0.1) is 0 Å². The second kappa shape index (κ2) is 8.63. The van der Waals surface area contributed by atoms with E-state index in [4.69, 9.17) is 28.9 Å². The Morgan fingerprint density at radius 3 is 1.81 bits per heavy atom. The van der Waals surface area contributed by atoms with Crippen molar-refractivity contribution in [3.63, 3.8) is 0 Å². The second-order valence-corrected chi connectivity index (χ2v) is 7.53. The van der Waals surface area contributed by atoms with Crippen LogP contribution in [-0.4, -0.2) is 10.9 Å². The first-order valence-corrected chi connectivity index (χ1v) is 9.54. The molecule has 32 heavy (non-hydrogen) atoms. The smallest absolute Gasteiger partial charge is 0.369 e. The third kappa shape index (κ3) is 4.99. The van der Waals surface area contributed by atoms with Crippen LogP contribution in [-0.2, 0) is 17.1 Å². The van der Waals surface area contributed by atoms with Crippen molar-refractivity contribution in [2.24, 2.45) is 5.73 Å². The van der Waals surface area contributed by atoms with Crippen molar-refractivity contribution < 1.29 is 31.1 Å². The van der Waals surface area contributed by atoms with Crippen molar-refractivity contribution >= 4 is 29.1 Å². The van der Waals surface area contributed by atoms with Crippen molar-refractivity contribution in [3.05, 3.63) is 87.0 Å². The van der Waals surface area contributed by atoms with E-state index in [0.717, 1.165) is 0 Å². The summed E-state index contributed by atoms with van der Waals surface area (Å²) < 4.78 is 79.2. The number of rotatable bonds is 4. The Labute approximate surface area is 187 Å². The van der Waals surface area contributed by atoms with Crippen LogP contribution in [0.4, 0.5) is 26.3 Å². The van der Waals surface area contributed by atoms with Crippen LogP contribution in [0.2, 0.25) is 10.0 Å². The summed E-state index contributed by atoms with van der Waals surface area (Å²) in [5, 5.41) is 0.179. The number of halogens is 8. The van der Waals surface area contributed by atoms with E-state index < -0.39 is 40.9 Å². The van der Waals surface area contributed by atoms with Gasteiger partial charge in [0.05, 0.1) is 22.5 Å². The normalized spacial score (nSPS) is 13.1. The fraction of sp³-hybridized carbons (Fsp3) is 0.143. The molecular weight excluding hydrogens is 481 g/mol. The van der Waals surface area contributed by atoms with Gasteiger partial charge in [-0.3, -0.25) is 9.78 Å². The van der Waals surface area contributed by atoms with Crippen LogP contribution in [0.5, 0.6) is 0 Å². The molecule has 0 aliphatic heterocycles. The number of nitrogens with zero attached hydrogens (tertiary/aromatic N) is 1.